The van der Waals surface area contributed by atoms with E-state index in [1.54, 1.807) is 49.4 Å². The van der Waals surface area contributed by atoms with E-state index in [4.69, 9.17) is 0 Å². The van der Waals surface area contributed by atoms with Crippen LogP contribution in [0.25, 0.3) is 21.5 Å². The predicted molar refractivity (Wildman–Crippen MR) is 263 cm³/mol. The first kappa shape index (κ1) is 54.4. The van der Waals surface area contributed by atoms with Gasteiger partial charge >= 0.3 is 5.97 Å². The second kappa shape index (κ2) is 20.3. The molecule has 6 rings (SSSR count). The first-order valence-electron chi connectivity index (χ1n) is 22.1. The highest BCUT2D eigenvalue weighted by atomic mass is 32.2. The predicted octanol–water partition coefficient (Wildman–Crippen LogP) is 7.25. The van der Waals surface area contributed by atoms with Crippen LogP contribution in [0.15, 0.2) is 105 Å². The van der Waals surface area contributed by atoms with Gasteiger partial charge in [0.1, 0.15) is 11.4 Å². The van der Waals surface area contributed by atoms with Crippen LogP contribution in [0.5, 0.6) is 0 Å². The van der Waals surface area contributed by atoms with Crippen molar-refractivity contribution in [1.82, 2.24) is 0 Å². The lowest BCUT2D eigenvalue weighted by atomic mass is 9.74. The van der Waals surface area contributed by atoms with Crippen LogP contribution in [0.2, 0.25) is 0 Å². The fourth-order valence-electron chi connectivity index (χ4n) is 10.0. The number of benzene rings is 4. The number of hydrogen-bond acceptors (Lipinski definition) is 12. The lowest BCUT2D eigenvalue weighted by molar-refractivity contribution is -0.437. The van der Waals surface area contributed by atoms with E-state index in [1.807, 2.05) is 35.5 Å². The van der Waals surface area contributed by atoms with E-state index in [1.165, 1.54) is 18.2 Å². The number of rotatable bonds is 22. The van der Waals surface area contributed by atoms with E-state index < -0.39 is 88.7 Å². The molecule has 2 heterocycles. The Hall–Kier alpha value is -4.89. The topological polar surface area (TPSA) is 315 Å². The molecule has 380 valence electrons. The minimum Gasteiger partial charge on any atom is -0.481 e. The Morgan fingerprint density at radius 1 is 0.643 bits per heavy atom. The van der Waals surface area contributed by atoms with Gasteiger partial charge in [0.25, 0.3) is 50.6 Å². The highest BCUT2D eigenvalue weighted by Gasteiger charge is 2.49. The summed E-state index contributed by atoms with van der Waals surface area (Å²) in [6, 6.07) is 12.5. The molecule has 0 amide bonds. The summed E-state index contributed by atoms with van der Waals surface area (Å²) in [5, 5.41) is 10.4. The Morgan fingerprint density at radius 2 is 1.29 bits per heavy atom. The molecule has 0 aromatic heterocycles. The molecule has 19 nitrogen and oxygen atoms in total. The zero-order valence-corrected chi connectivity index (χ0v) is 42.5. The summed E-state index contributed by atoms with van der Waals surface area (Å²) in [7, 11) is -23.6. The summed E-state index contributed by atoms with van der Waals surface area (Å²) >= 11 is 0. The molecule has 24 heteroatoms. The molecule has 0 bridgehead atoms. The average molecular weight is 1070 g/mol. The molecule has 4 aromatic rings. The van der Waals surface area contributed by atoms with Gasteiger partial charge in [-0.15, -0.1) is 0 Å². The third kappa shape index (κ3) is 11.9. The minimum atomic E-state index is -5.11. The van der Waals surface area contributed by atoms with E-state index in [9.17, 15) is 74.8 Å². The lowest BCUT2D eigenvalue weighted by Gasteiger charge is -2.31. The molecule has 2 aliphatic rings. The van der Waals surface area contributed by atoms with Crippen molar-refractivity contribution in [1.29, 1.82) is 0 Å². The number of fused-ring (bicyclic) bond motifs is 6. The number of unbranched alkanes of at least 4 members (excludes halogenated alkanes) is 2. The van der Waals surface area contributed by atoms with Crippen LogP contribution in [0.4, 0.5) is 11.4 Å². The molecule has 2 atom stereocenters. The van der Waals surface area contributed by atoms with Crippen LogP contribution in [0.1, 0.15) is 89.7 Å². The van der Waals surface area contributed by atoms with Crippen molar-refractivity contribution in [2.24, 2.45) is 0 Å². The van der Waals surface area contributed by atoms with Crippen molar-refractivity contribution in [3.8, 4) is 0 Å². The summed E-state index contributed by atoms with van der Waals surface area (Å²) in [6.07, 6.45) is 10.7. The molecule has 0 fully saturated rings. The van der Waals surface area contributed by atoms with Crippen LogP contribution in [0, 0.1) is 0 Å². The van der Waals surface area contributed by atoms with Gasteiger partial charge in [0.2, 0.25) is 5.69 Å². The maximum Gasteiger partial charge on any atom is 0.303 e. The molecule has 0 spiro atoms. The molecule has 0 saturated carbocycles. The molecule has 0 radical (unpaired) electrons. The quantitative estimate of drug-likeness (QED) is 0.0195. The Bertz CT molecular complexity index is 3480. The van der Waals surface area contributed by atoms with Crippen molar-refractivity contribution in [3.05, 3.63) is 102 Å². The van der Waals surface area contributed by atoms with Gasteiger partial charge in [0.15, 0.2) is 5.71 Å². The number of anilines is 1. The number of carboxylic acid groups (broad SMARTS) is 1. The monoisotopic (exact) mass is 1070 g/mol. The highest BCUT2D eigenvalue weighted by Crippen LogP contribution is 2.54. The first-order valence-corrected chi connectivity index (χ1v) is 29.7. The van der Waals surface area contributed by atoms with Gasteiger partial charge in [-0.1, -0.05) is 50.1 Å². The largest absolute Gasteiger partial charge is 0.481 e. The molecule has 4 aromatic carbocycles. The Balaban J connectivity index is 1.54. The van der Waals surface area contributed by atoms with Crippen LogP contribution < -0.4 is 4.90 Å². The number of aliphatic carboxylic acids is 1. The summed E-state index contributed by atoms with van der Waals surface area (Å²) in [5.74, 6) is -2.21. The van der Waals surface area contributed by atoms with Crippen LogP contribution in [-0.2, 0) is 66.2 Å². The normalized spacial score (nSPS) is 19.7. The maximum absolute atomic E-state index is 12.7. The van der Waals surface area contributed by atoms with Crippen molar-refractivity contribution in [2.45, 2.75) is 104 Å². The van der Waals surface area contributed by atoms with E-state index in [0.717, 1.165) is 11.6 Å². The van der Waals surface area contributed by atoms with E-state index in [2.05, 4.69) is 0 Å². The zero-order valence-electron chi connectivity index (χ0n) is 38.4. The SMILES string of the molecule is CCCC1(C)C(/C=C/C=C/C=C2/N(CCCCCC(=O)O)c3ccc4c(S(=O)(=O)O)cc(S(=O)(=O)O)cc4c3C2(C)CCCS(=O)(=O)O)=[N+](CCCS(=O)(=O)O)c2ccc3ccc(S(=O)(=O)O)cc3c21. The van der Waals surface area contributed by atoms with Crippen molar-refractivity contribution >= 4 is 95.2 Å². The Labute approximate surface area is 407 Å². The fourth-order valence-corrected chi connectivity index (χ4v) is 12.9. The molecule has 2 unspecified atom stereocenters. The van der Waals surface area contributed by atoms with Crippen LogP contribution >= 0.6 is 0 Å². The molecule has 0 saturated heterocycles. The summed E-state index contributed by atoms with van der Waals surface area (Å²) in [5.41, 5.74) is 1.23. The summed E-state index contributed by atoms with van der Waals surface area (Å²) in [4.78, 5) is 11.2. The molecule has 2 aliphatic heterocycles. The molecule has 6 N–H and O–H groups in total. The van der Waals surface area contributed by atoms with Crippen molar-refractivity contribution in [2.75, 3.05) is 29.5 Å². The van der Waals surface area contributed by atoms with Gasteiger partial charge in [0, 0.05) is 59.3 Å². The molecule has 70 heavy (non-hydrogen) atoms. The zero-order chi connectivity index (χ0) is 51.8. The van der Waals surface area contributed by atoms with Gasteiger partial charge < -0.3 is 10.0 Å². The number of carboxylic acids is 1. The Morgan fingerprint density at radius 3 is 1.90 bits per heavy atom. The fraction of sp³-hybridized carbons (Fsp3) is 0.391. The average Bonchev–Trinajstić information content (AvgIpc) is 3.61. The maximum atomic E-state index is 12.7. The smallest absolute Gasteiger partial charge is 0.303 e. The molecule has 0 aliphatic carbocycles. The number of hydrogen-bond donors (Lipinski definition) is 6. The van der Waals surface area contributed by atoms with E-state index in [-0.39, 0.29) is 54.4 Å². The van der Waals surface area contributed by atoms with E-state index in [0.29, 0.717) is 77.3 Å². The lowest BCUT2D eigenvalue weighted by Crippen LogP contribution is -2.31. The number of allylic oxidation sites excluding steroid dienone is 6. The highest BCUT2D eigenvalue weighted by molar-refractivity contribution is 7.87. The minimum absolute atomic E-state index is 0.00418. The second-order valence-electron chi connectivity index (χ2n) is 17.9. The Kier molecular flexibility index (Phi) is 15.8. The van der Waals surface area contributed by atoms with Crippen molar-refractivity contribution in [3.63, 3.8) is 0 Å². The number of nitrogens with zero attached hydrogens (tertiary/aromatic N) is 2. The van der Waals surface area contributed by atoms with E-state index >= 15 is 0 Å². The molecular weight excluding hydrogens is 1010 g/mol. The third-order valence-corrected chi connectivity index (χ3v) is 17.1. The van der Waals surface area contributed by atoms with Gasteiger partial charge in [-0.05, 0) is 110 Å². The van der Waals surface area contributed by atoms with Gasteiger partial charge in [-0.3, -0.25) is 27.6 Å². The summed E-state index contributed by atoms with van der Waals surface area (Å²) < 4.78 is 175. The van der Waals surface area contributed by atoms with Crippen LogP contribution in [-0.4, -0.2) is 111 Å². The summed E-state index contributed by atoms with van der Waals surface area (Å²) in [6.45, 7) is 6.01. The number of carbonyl (C=O) groups is 1. The van der Waals surface area contributed by atoms with Crippen molar-refractivity contribution < 1.29 is 79.3 Å². The first-order chi connectivity index (χ1) is 32.4. The van der Waals surface area contributed by atoms with Crippen LogP contribution in [0.3, 0.4) is 0 Å². The van der Waals surface area contributed by atoms with Gasteiger partial charge in [0.05, 0.1) is 26.7 Å². The van der Waals surface area contributed by atoms with Gasteiger partial charge in [-0.25, -0.2) is 0 Å². The second-order valence-corrected chi connectivity index (χ2v) is 25.3. The molecular formula is C46H55N2O17S5+. The standard InChI is InChI=1S/C46H54N2O17S5/c1-4-22-45(2)40(48(25-12-27-67(54,55)56)37-20-17-31-16-18-32(68(57,58)59)28-35(31)43(37)45)13-7-5-8-14-41-46(3,23-11-26-66(51,52)53)44-36-29-33(69(60,61)62)30-39(70(63,64)65)34(36)19-21-38(44)47(41)24-10-6-9-15-42(49)50/h5,7-8,13-14,16-21,28-30H,4,6,9-12,15,22-27H2,1-3H3,(H5-,49,50,51,52,53,54,55,56,57,58,59,60,61,62,63,64,65)/p+1. The third-order valence-electron chi connectivity index (χ3n) is 12.9. The van der Waals surface area contributed by atoms with Gasteiger partial charge in [-0.2, -0.15) is 46.7 Å².